The maximum absolute atomic E-state index is 5.35. The summed E-state index contributed by atoms with van der Waals surface area (Å²) in [6, 6.07) is 0. The van der Waals surface area contributed by atoms with Gasteiger partial charge in [-0.3, -0.25) is 4.31 Å². The Balaban J connectivity index is 2.64. The second-order valence-corrected chi connectivity index (χ2v) is 18.2. The minimum Gasteiger partial charge on any atom is -0.253 e. The first-order valence-electron chi connectivity index (χ1n) is 2.94. The maximum atomic E-state index is 5.35. The summed E-state index contributed by atoms with van der Waals surface area (Å²) in [4.78, 5) is 0. The summed E-state index contributed by atoms with van der Waals surface area (Å²) in [7, 11) is 2.16. The molecule has 1 heterocycles. The maximum Gasteiger partial charge on any atom is 0.0438 e. The van der Waals surface area contributed by atoms with Gasteiger partial charge in [-0.25, -0.2) is 0 Å². The molecule has 0 saturated carbocycles. The van der Waals surface area contributed by atoms with Gasteiger partial charge in [0.25, 0.3) is 0 Å². The van der Waals surface area contributed by atoms with Gasteiger partial charge in [-0.05, 0) is 7.05 Å². The molecule has 1 unspecified atom stereocenters. The predicted octanol–water partition coefficient (Wildman–Crippen LogP) is 2.60. The van der Waals surface area contributed by atoms with Crippen molar-refractivity contribution in [2.75, 3.05) is 19.3 Å². The molecule has 58 valence electrons. The number of hydrogen-bond acceptors (Lipinski definition) is 1. The molecule has 0 aromatic carbocycles. The van der Waals surface area contributed by atoms with E-state index < -0.39 is 4.56 Å². The third kappa shape index (κ3) is 1.93. The van der Waals surface area contributed by atoms with Gasteiger partial charge in [-0.1, -0.05) is 4.56 Å². The minimum atomic E-state index is -0.555. The van der Waals surface area contributed by atoms with E-state index in [0.717, 1.165) is 6.54 Å². The standard InChI is InChI=1S/C6H9I2NS/c1-3-6-4-9(2)10(7,8)5-6/h1,6H,4-5H2,2H3. The zero-order chi connectivity index (χ0) is 7.78. The number of hydrogen-bond donors (Lipinski definition) is 0. The fourth-order valence-electron chi connectivity index (χ4n) is 0.942. The summed E-state index contributed by atoms with van der Waals surface area (Å²) in [5, 5.41) is 0. The summed E-state index contributed by atoms with van der Waals surface area (Å²) >= 11 is 5.06. The molecular weight excluding hydrogens is 372 g/mol. The number of nitrogens with zero attached hydrogens (tertiary/aromatic N) is 1. The summed E-state index contributed by atoms with van der Waals surface area (Å²) in [6.45, 7) is 1.08. The van der Waals surface area contributed by atoms with Crippen molar-refractivity contribution >= 4 is 47.0 Å². The van der Waals surface area contributed by atoms with Crippen LogP contribution in [0.5, 0.6) is 0 Å². The molecule has 0 aromatic heterocycles. The number of terminal acetylenes is 1. The van der Waals surface area contributed by atoms with Crippen molar-refractivity contribution in [3.8, 4) is 12.3 Å². The van der Waals surface area contributed by atoms with E-state index in [2.05, 4.69) is 59.7 Å². The lowest BCUT2D eigenvalue weighted by Gasteiger charge is -2.27. The highest BCUT2D eigenvalue weighted by Gasteiger charge is 2.34. The van der Waals surface area contributed by atoms with Crippen LogP contribution in [0.4, 0.5) is 0 Å². The molecule has 4 heteroatoms. The molecule has 1 rings (SSSR count). The lowest BCUT2D eigenvalue weighted by atomic mass is 10.2. The van der Waals surface area contributed by atoms with Crippen LogP contribution < -0.4 is 0 Å². The Kier molecular flexibility index (Phi) is 3.18. The summed E-state index contributed by atoms with van der Waals surface area (Å²) in [5.41, 5.74) is 0. The van der Waals surface area contributed by atoms with E-state index in [-0.39, 0.29) is 0 Å². The summed E-state index contributed by atoms with van der Waals surface area (Å²) in [6.07, 6.45) is 5.35. The van der Waals surface area contributed by atoms with Crippen LogP contribution in [0.15, 0.2) is 0 Å². The van der Waals surface area contributed by atoms with Crippen LogP contribution >= 0.6 is 47.0 Å². The van der Waals surface area contributed by atoms with E-state index in [0.29, 0.717) is 5.92 Å². The van der Waals surface area contributed by atoms with Gasteiger partial charge in [0.15, 0.2) is 0 Å². The molecule has 1 atom stereocenters. The van der Waals surface area contributed by atoms with Gasteiger partial charge in [0.1, 0.15) is 0 Å². The van der Waals surface area contributed by atoms with Crippen LogP contribution in [0, 0.1) is 18.3 Å². The van der Waals surface area contributed by atoms with E-state index in [9.17, 15) is 0 Å². The Morgan fingerprint density at radius 1 is 1.70 bits per heavy atom. The van der Waals surface area contributed by atoms with Gasteiger partial charge >= 0.3 is 0 Å². The Labute approximate surface area is 87.9 Å². The van der Waals surface area contributed by atoms with Crippen LogP contribution in [0.1, 0.15) is 0 Å². The minimum absolute atomic E-state index is 0.494. The molecule has 0 N–H and O–H groups in total. The van der Waals surface area contributed by atoms with Crippen LogP contribution in [0.3, 0.4) is 0 Å². The van der Waals surface area contributed by atoms with Gasteiger partial charge in [-0.2, -0.15) is 0 Å². The monoisotopic (exact) mass is 381 g/mol. The van der Waals surface area contributed by atoms with Gasteiger partial charge in [0.2, 0.25) is 0 Å². The largest absolute Gasteiger partial charge is 0.253 e. The van der Waals surface area contributed by atoms with Crippen molar-refractivity contribution in [3.05, 3.63) is 0 Å². The average Bonchev–Trinajstić information content (AvgIpc) is 2.08. The van der Waals surface area contributed by atoms with Crippen molar-refractivity contribution in [2.24, 2.45) is 5.92 Å². The fraction of sp³-hybridized carbons (Fsp3) is 0.667. The fourth-order valence-corrected chi connectivity index (χ4v) is 5.85. The van der Waals surface area contributed by atoms with Gasteiger partial charge in [-0.15, -0.1) is 12.3 Å². The van der Waals surface area contributed by atoms with Crippen molar-refractivity contribution in [2.45, 2.75) is 0 Å². The lowest BCUT2D eigenvalue weighted by molar-refractivity contribution is 0.548. The highest BCUT2D eigenvalue weighted by Crippen LogP contribution is 2.69. The predicted molar refractivity (Wildman–Crippen MR) is 65.5 cm³/mol. The second kappa shape index (κ2) is 3.37. The molecule has 0 amide bonds. The molecule has 10 heavy (non-hydrogen) atoms. The van der Waals surface area contributed by atoms with Crippen molar-refractivity contribution in [1.82, 2.24) is 4.31 Å². The Hall–Kier alpha value is 1.33. The van der Waals surface area contributed by atoms with Crippen molar-refractivity contribution in [3.63, 3.8) is 0 Å². The van der Waals surface area contributed by atoms with Crippen molar-refractivity contribution < 1.29 is 0 Å². The first kappa shape index (κ1) is 9.42. The highest BCUT2D eigenvalue weighted by atomic mass is 127. The van der Waals surface area contributed by atoms with E-state index in [1.807, 2.05) is 0 Å². The Morgan fingerprint density at radius 3 is 2.50 bits per heavy atom. The van der Waals surface area contributed by atoms with Gasteiger partial charge < -0.3 is 0 Å². The molecule has 0 bridgehead atoms. The third-order valence-electron chi connectivity index (χ3n) is 1.57. The molecule has 1 aliphatic rings. The Morgan fingerprint density at radius 2 is 2.30 bits per heavy atom. The topological polar surface area (TPSA) is 3.24 Å². The first-order valence-corrected chi connectivity index (χ1v) is 9.78. The van der Waals surface area contributed by atoms with Crippen LogP contribution in [0.2, 0.25) is 0 Å². The van der Waals surface area contributed by atoms with Gasteiger partial charge in [0.05, 0.1) is 0 Å². The summed E-state index contributed by atoms with van der Waals surface area (Å²) in [5.74, 6) is 4.51. The SMILES string of the molecule is C#CC1CN(C)S(I)(I)C1. The van der Waals surface area contributed by atoms with E-state index in [4.69, 9.17) is 6.42 Å². The average molecular weight is 381 g/mol. The normalized spacial score (nSPS) is 35.2. The quantitative estimate of drug-likeness (QED) is 0.461. The molecule has 0 aliphatic carbocycles. The molecule has 1 aliphatic heterocycles. The van der Waals surface area contributed by atoms with E-state index in [1.54, 1.807) is 0 Å². The lowest BCUT2D eigenvalue weighted by Crippen LogP contribution is -2.11. The zero-order valence-corrected chi connectivity index (χ0v) is 10.8. The number of halogens is 2. The van der Waals surface area contributed by atoms with Crippen molar-refractivity contribution in [1.29, 1.82) is 0 Å². The molecule has 0 spiro atoms. The smallest absolute Gasteiger partial charge is 0.0438 e. The summed E-state index contributed by atoms with van der Waals surface area (Å²) < 4.78 is 1.83. The second-order valence-electron chi connectivity index (χ2n) is 2.38. The first-order chi connectivity index (χ1) is 4.56. The molecule has 0 radical (unpaired) electrons. The molecule has 0 aromatic rings. The van der Waals surface area contributed by atoms with Gasteiger partial charge in [0, 0.05) is 60.6 Å². The molecule has 1 nitrogen and oxygen atoms in total. The van der Waals surface area contributed by atoms with Crippen LogP contribution in [-0.2, 0) is 0 Å². The molecular formula is C6H9I2NS. The third-order valence-corrected chi connectivity index (χ3v) is 9.63. The van der Waals surface area contributed by atoms with Crippen LogP contribution in [-0.4, -0.2) is 23.7 Å². The number of rotatable bonds is 0. The molecule has 1 fully saturated rings. The molecule has 1 saturated heterocycles. The zero-order valence-electron chi connectivity index (χ0n) is 5.68. The Bertz CT molecular complexity index is 175. The highest BCUT2D eigenvalue weighted by molar-refractivity contribution is 14.3. The van der Waals surface area contributed by atoms with E-state index in [1.165, 1.54) is 5.75 Å². The van der Waals surface area contributed by atoms with E-state index >= 15 is 0 Å². The van der Waals surface area contributed by atoms with Crippen LogP contribution in [0.25, 0.3) is 0 Å².